The fraction of sp³-hybridized carbons (Fsp3) is 0.562. The van der Waals surface area contributed by atoms with Gasteiger partial charge in [-0.2, -0.15) is 4.31 Å². The van der Waals surface area contributed by atoms with Crippen LogP contribution in [0.2, 0.25) is 0 Å². The Morgan fingerprint density at radius 1 is 1.08 bits per heavy atom. The Bertz CT molecular complexity index is 763. The Balaban J connectivity index is 1.75. The van der Waals surface area contributed by atoms with E-state index in [4.69, 9.17) is 0 Å². The van der Waals surface area contributed by atoms with Gasteiger partial charge >= 0.3 is 0 Å². The number of benzene rings is 1. The van der Waals surface area contributed by atoms with E-state index in [1.807, 2.05) is 6.92 Å². The molecule has 132 valence electrons. The van der Waals surface area contributed by atoms with Crippen LogP contribution in [0, 0.1) is 17.0 Å². The van der Waals surface area contributed by atoms with Crippen molar-refractivity contribution in [3.05, 3.63) is 29.8 Å². The minimum Gasteiger partial charge on any atom is -0.341 e. The summed E-state index contributed by atoms with van der Waals surface area (Å²) < 4.78 is 52.9. The van der Waals surface area contributed by atoms with Gasteiger partial charge in [-0.3, -0.25) is 4.79 Å². The average molecular weight is 358 g/mol. The lowest BCUT2D eigenvalue weighted by Crippen LogP contribution is -2.40. The monoisotopic (exact) mass is 358 g/mol. The highest BCUT2D eigenvalue weighted by Crippen LogP contribution is 2.46. The highest BCUT2D eigenvalue weighted by molar-refractivity contribution is 7.89. The van der Waals surface area contributed by atoms with Crippen LogP contribution in [0.1, 0.15) is 26.2 Å². The first-order valence-corrected chi connectivity index (χ1v) is 9.43. The summed E-state index contributed by atoms with van der Waals surface area (Å²) in [6, 6.07) is 2.57. The van der Waals surface area contributed by atoms with Crippen LogP contribution in [-0.2, 0) is 14.8 Å². The maximum atomic E-state index is 13.4. The molecule has 0 aromatic heterocycles. The first-order valence-electron chi connectivity index (χ1n) is 7.99. The van der Waals surface area contributed by atoms with Crippen molar-refractivity contribution in [1.82, 2.24) is 9.21 Å². The standard InChI is InChI=1S/C16H20F2N2O3S/c1-16(5-6-16)15(21)19-7-2-8-20(10-9-19)24(22,23)12-3-4-13(17)14(18)11-12/h3-4,11H,2,5-10H2,1H3. The summed E-state index contributed by atoms with van der Waals surface area (Å²) in [6.45, 7) is 3.16. The van der Waals surface area contributed by atoms with E-state index in [2.05, 4.69) is 0 Å². The molecule has 0 atom stereocenters. The molecule has 8 heteroatoms. The third kappa shape index (κ3) is 3.17. The highest BCUT2D eigenvalue weighted by Gasteiger charge is 2.47. The zero-order chi connectivity index (χ0) is 17.5. The fourth-order valence-electron chi connectivity index (χ4n) is 2.91. The third-order valence-electron chi connectivity index (χ3n) is 4.79. The first-order chi connectivity index (χ1) is 11.2. The summed E-state index contributed by atoms with van der Waals surface area (Å²) in [7, 11) is -3.90. The molecule has 1 aliphatic carbocycles. The van der Waals surface area contributed by atoms with Crippen LogP contribution in [-0.4, -0.2) is 49.7 Å². The summed E-state index contributed by atoms with van der Waals surface area (Å²) in [6.07, 6.45) is 2.27. The maximum absolute atomic E-state index is 13.4. The minimum atomic E-state index is -3.90. The highest BCUT2D eigenvalue weighted by atomic mass is 32.2. The summed E-state index contributed by atoms with van der Waals surface area (Å²) in [5.74, 6) is -2.20. The van der Waals surface area contributed by atoms with Crippen molar-refractivity contribution in [2.24, 2.45) is 5.41 Å². The van der Waals surface area contributed by atoms with Gasteiger partial charge in [0.1, 0.15) is 0 Å². The molecule has 2 fully saturated rings. The van der Waals surface area contributed by atoms with E-state index in [0.29, 0.717) is 25.6 Å². The Kier molecular flexibility index (Phi) is 4.37. The lowest BCUT2D eigenvalue weighted by molar-refractivity contribution is -0.136. The van der Waals surface area contributed by atoms with Gasteiger partial charge in [-0.25, -0.2) is 17.2 Å². The molecule has 1 heterocycles. The Morgan fingerprint density at radius 2 is 1.79 bits per heavy atom. The van der Waals surface area contributed by atoms with Crippen molar-refractivity contribution in [2.75, 3.05) is 26.2 Å². The molecular formula is C16H20F2N2O3S. The van der Waals surface area contributed by atoms with Gasteiger partial charge in [-0.05, 0) is 37.5 Å². The summed E-state index contributed by atoms with van der Waals surface area (Å²) in [5.41, 5.74) is -0.284. The van der Waals surface area contributed by atoms with Crippen LogP contribution in [0.15, 0.2) is 23.1 Å². The molecule has 0 bridgehead atoms. The molecule has 1 aromatic carbocycles. The van der Waals surface area contributed by atoms with Gasteiger partial charge in [0.05, 0.1) is 4.90 Å². The van der Waals surface area contributed by atoms with Crippen molar-refractivity contribution in [1.29, 1.82) is 0 Å². The molecule has 1 amide bonds. The molecule has 1 aliphatic heterocycles. The van der Waals surface area contributed by atoms with Gasteiger partial charge in [-0.15, -0.1) is 0 Å². The summed E-state index contributed by atoms with van der Waals surface area (Å²) in [5, 5.41) is 0. The number of rotatable bonds is 3. The normalized spacial score (nSPS) is 21.4. The predicted octanol–water partition coefficient (Wildman–Crippen LogP) is 1.99. The molecule has 3 rings (SSSR count). The van der Waals surface area contributed by atoms with Crippen molar-refractivity contribution < 1.29 is 22.0 Å². The molecule has 2 aliphatic rings. The molecule has 1 aromatic rings. The molecule has 1 saturated heterocycles. The third-order valence-corrected chi connectivity index (χ3v) is 6.68. The van der Waals surface area contributed by atoms with Gasteiger partial charge in [0.15, 0.2) is 11.6 Å². The van der Waals surface area contributed by atoms with Gasteiger partial charge in [-0.1, -0.05) is 6.92 Å². The molecule has 0 N–H and O–H groups in total. The Labute approximate surface area is 140 Å². The van der Waals surface area contributed by atoms with E-state index in [9.17, 15) is 22.0 Å². The molecule has 24 heavy (non-hydrogen) atoms. The quantitative estimate of drug-likeness (QED) is 0.830. The summed E-state index contributed by atoms with van der Waals surface area (Å²) in [4.78, 5) is 13.9. The number of amides is 1. The molecule has 5 nitrogen and oxygen atoms in total. The van der Waals surface area contributed by atoms with Gasteiger partial charge in [0.2, 0.25) is 15.9 Å². The van der Waals surface area contributed by atoms with E-state index in [1.165, 1.54) is 4.31 Å². The maximum Gasteiger partial charge on any atom is 0.243 e. The van der Waals surface area contributed by atoms with Crippen LogP contribution >= 0.6 is 0 Å². The number of halogens is 2. The molecular weight excluding hydrogens is 338 g/mol. The fourth-order valence-corrected chi connectivity index (χ4v) is 4.39. The minimum absolute atomic E-state index is 0.0783. The molecule has 0 radical (unpaired) electrons. The summed E-state index contributed by atoms with van der Waals surface area (Å²) >= 11 is 0. The lowest BCUT2D eigenvalue weighted by Gasteiger charge is -2.24. The van der Waals surface area contributed by atoms with Crippen molar-refractivity contribution in [2.45, 2.75) is 31.1 Å². The zero-order valence-corrected chi connectivity index (χ0v) is 14.3. The van der Waals surface area contributed by atoms with Crippen molar-refractivity contribution in [3.63, 3.8) is 0 Å². The zero-order valence-electron chi connectivity index (χ0n) is 13.5. The second-order valence-corrected chi connectivity index (χ2v) is 8.62. The smallest absolute Gasteiger partial charge is 0.243 e. The van der Waals surface area contributed by atoms with Crippen LogP contribution < -0.4 is 0 Å². The van der Waals surface area contributed by atoms with E-state index in [-0.39, 0.29) is 29.3 Å². The number of hydrogen-bond acceptors (Lipinski definition) is 3. The predicted molar refractivity (Wildman–Crippen MR) is 83.7 cm³/mol. The Morgan fingerprint density at radius 3 is 2.42 bits per heavy atom. The van der Waals surface area contributed by atoms with Crippen LogP contribution in [0.4, 0.5) is 8.78 Å². The topological polar surface area (TPSA) is 57.7 Å². The largest absolute Gasteiger partial charge is 0.341 e. The Hall–Kier alpha value is -1.54. The van der Waals surface area contributed by atoms with E-state index < -0.39 is 21.7 Å². The van der Waals surface area contributed by atoms with E-state index in [0.717, 1.165) is 25.0 Å². The second-order valence-electron chi connectivity index (χ2n) is 6.69. The molecule has 0 spiro atoms. The van der Waals surface area contributed by atoms with E-state index in [1.54, 1.807) is 4.90 Å². The van der Waals surface area contributed by atoms with Crippen LogP contribution in [0.25, 0.3) is 0 Å². The van der Waals surface area contributed by atoms with Gasteiger partial charge in [0, 0.05) is 31.6 Å². The number of carbonyl (C=O) groups excluding carboxylic acids is 1. The van der Waals surface area contributed by atoms with Crippen LogP contribution in [0.3, 0.4) is 0 Å². The second kappa shape index (κ2) is 6.07. The number of nitrogens with zero attached hydrogens (tertiary/aromatic N) is 2. The first kappa shape index (κ1) is 17.3. The van der Waals surface area contributed by atoms with Crippen LogP contribution in [0.5, 0.6) is 0 Å². The number of carbonyl (C=O) groups is 1. The average Bonchev–Trinajstić information content (AvgIpc) is 3.32. The van der Waals surface area contributed by atoms with Gasteiger partial charge < -0.3 is 4.90 Å². The SMILES string of the molecule is CC1(C(=O)N2CCCN(S(=O)(=O)c3ccc(F)c(F)c3)CC2)CC1. The lowest BCUT2D eigenvalue weighted by atomic mass is 10.1. The number of hydrogen-bond donors (Lipinski definition) is 0. The number of sulfonamides is 1. The molecule has 0 unspecified atom stereocenters. The van der Waals surface area contributed by atoms with E-state index >= 15 is 0 Å². The van der Waals surface area contributed by atoms with Gasteiger partial charge in [0.25, 0.3) is 0 Å². The molecule has 1 saturated carbocycles. The van der Waals surface area contributed by atoms with Crippen molar-refractivity contribution in [3.8, 4) is 0 Å². The van der Waals surface area contributed by atoms with Crippen molar-refractivity contribution >= 4 is 15.9 Å².